The van der Waals surface area contributed by atoms with Crippen molar-refractivity contribution in [3.05, 3.63) is 35.9 Å². The number of primary amides is 1. The zero-order chi connectivity index (χ0) is 15.9. The van der Waals surface area contributed by atoms with Crippen molar-refractivity contribution in [3.8, 4) is 6.07 Å². The molecule has 1 aromatic rings. The minimum atomic E-state index is -0.857. The fourth-order valence-electron chi connectivity index (χ4n) is 2.66. The zero-order valence-corrected chi connectivity index (χ0v) is 12.3. The first kappa shape index (κ1) is 15.8. The van der Waals surface area contributed by atoms with Gasteiger partial charge in [0.05, 0.1) is 6.07 Å². The van der Waals surface area contributed by atoms with Crippen molar-refractivity contribution in [2.24, 2.45) is 17.6 Å². The third-order valence-corrected chi connectivity index (χ3v) is 3.84. The van der Waals surface area contributed by atoms with Gasteiger partial charge in [-0.05, 0) is 18.4 Å². The molecule has 1 aliphatic rings. The summed E-state index contributed by atoms with van der Waals surface area (Å²) in [7, 11) is 0. The Morgan fingerprint density at radius 1 is 1.41 bits per heavy atom. The van der Waals surface area contributed by atoms with E-state index in [4.69, 9.17) is 15.7 Å². The Labute approximate surface area is 129 Å². The number of carbonyl (C=O) groups excluding carboxylic acids is 2. The van der Waals surface area contributed by atoms with E-state index in [-0.39, 0.29) is 12.5 Å². The van der Waals surface area contributed by atoms with Crippen LogP contribution in [-0.2, 0) is 16.1 Å². The van der Waals surface area contributed by atoms with E-state index in [1.165, 1.54) is 0 Å². The summed E-state index contributed by atoms with van der Waals surface area (Å²) in [6, 6.07) is 11.3. The van der Waals surface area contributed by atoms with Gasteiger partial charge in [0.1, 0.15) is 12.5 Å². The summed E-state index contributed by atoms with van der Waals surface area (Å²) in [6.45, 7) is 1.11. The summed E-state index contributed by atoms with van der Waals surface area (Å²) in [5.41, 5.74) is 6.15. The van der Waals surface area contributed by atoms with Crippen LogP contribution in [0.1, 0.15) is 18.4 Å². The Kier molecular flexibility index (Phi) is 5.37. The lowest BCUT2D eigenvalue weighted by Gasteiger charge is -2.33. The molecule has 1 heterocycles. The number of rotatable bonds is 4. The van der Waals surface area contributed by atoms with Gasteiger partial charge >= 0.3 is 6.09 Å². The van der Waals surface area contributed by atoms with Crippen molar-refractivity contribution in [1.82, 2.24) is 4.90 Å². The molecule has 1 fully saturated rings. The summed E-state index contributed by atoms with van der Waals surface area (Å²) in [4.78, 5) is 24.9. The van der Waals surface area contributed by atoms with Gasteiger partial charge in [-0.2, -0.15) is 5.26 Å². The number of likely N-dealkylation sites (tertiary alicyclic amines) is 1. The van der Waals surface area contributed by atoms with Gasteiger partial charge in [0.25, 0.3) is 0 Å². The number of hydrogen-bond donors (Lipinski definition) is 1. The standard InChI is InChI=1S/C16H19N3O3/c17-9-14(15(18)20)13-7-4-8-19(10-13)16(21)22-11-12-5-2-1-3-6-12/h1-3,5-6,13-14H,4,7-8,10-11H2,(H2,18,20). The second kappa shape index (κ2) is 7.46. The van der Waals surface area contributed by atoms with Gasteiger partial charge < -0.3 is 15.4 Å². The van der Waals surface area contributed by atoms with E-state index in [2.05, 4.69) is 0 Å². The lowest BCUT2D eigenvalue weighted by molar-refractivity contribution is -0.122. The Bertz CT molecular complexity index is 568. The first-order valence-corrected chi connectivity index (χ1v) is 7.26. The summed E-state index contributed by atoms with van der Waals surface area (Å²) in [5.74, 6) is -1.71. The maximum atomic E-state index is 12.1. The molecule has 1 aromatic carbocycles. The quantitative estimate of drug-likeness (QED) is 0.914. The fourth-order valence-corrected chi connectivity index (χ4v) is 2.66. The molecule has 2 N–H and O–H groups in total. The van der Waals surface area contributed by atoms with E-state index in [0.29, 0.717) is 19.5 Å². The van der Waals surface area contributed by atoms with E-state index in [9.17, 15) is 9.59 Å². The number of nitrogens with zero attached hydrogens (tertiary/aromatic N) is 2. The minimum Gasteiger partial charge on any atom is -0.445 e. The maximum absolute atomic E-state index is 12.1. The van der Waals surface area contributed by atoms with Crippen molar-refractivity contribution in [2.45, 2.75) is 19.4 Å². The molecule has 0 radical (unpaired) electrons. The monoisotopic (exact) mass is 301 g/mol. The summed E-state index contributed by atoms with van der Waals surface area (Å²) < 4.78 is 5.28. The van der Waals surface area contributed by atoms with Gasteiger partial charge in [0.2, 0.25) is 5.91 Å². The molecular weight excluding hydrogens is 282 g/mol. The molecule has 1 aliphatic heterocycles. The number of amides is 2. The second-order valence-corrected chi connectivity index (χ2v) is 5.40. The van der Waals surface area contributed by atoms with Crippen LogP contribution in [0.25, 0.3) is 0 Å². The summed E-state index contributed by atoms with van der Waals surface area (Å²) in [5, 5.41) is 9.04. The van der Waals surface area contributed by atoms with Gasteiger partial charge in [0.15, 0.2) is 0 Å². The van der Waals surface area contributed by atoms with Gasteiger partial charge in [-0.25, -0.2) is 4.79 Å². The lowest BCUT2D eigenvalue weighted by atomic mass is 9.86. The van der Waals surface area contributed by atoms with Crippen LogP contribution in [0.3, 0.4) is 0 Å². The Morgan fingerprint density at radius 3 is 2.77 bits per heavy atom. The largest absolute Gasteiger partial charge is 0.445 e. The first-order valence-electron chi connectivity index (χ1n) is 7.26. The number of piperidine rings is 1. The molecular formula is C16H19N3O3. The van der Waals surface area contributed by atoms with E-state index >= 15 is 0 Å². The first-order chi connectivity index (χ1) is 10.6. The zero-order valence-electron chi connectivity index (χ0n) is 12.3. The van der Waals surface area contributed by atoms with E-state index < -0.39 is 17.9 Å². The molecule has 0 bridgehead atoms. The molecule has 0 aliphatic carbocycles. The lowest BCUT2D eigenvalue weighted by Crippen LogP contribution is -2.44. The summed E-state index contributed by atoms with van der Waals surface area (Å²) >= 11 is 0. The van der Waals surface area contributed by atoms with Crippen molar-refractivity contribution < 1.29 is 14.3 Å². The highest BCUT2D eigenvalue weighted by Crippen LogP contribution is 2.24. The average Bonchev–Trinajstić information content (AvgIpc) is 2.54. The van der Waals surface area contributed by atoms with Crippen molar-refractivity contribution >= 4 is 12.0 Å². The highest BCUT2D eigenvalue weighted by molar-refractivity contribution is 5.79. The average molecular weight is 301 g/mol. The number of nitriles is 1. The molecule has 6 nitrogen and oxygen atoms in total. The topological polar surface area (TPSA) is 96.4 Å². The van der Waals surface area contributed by atoms with Crippen LogP contribution in [-0.4, -0.2) is 30.0 Å². The molecule has 2 unspecified atom stereocenters. The molecule has 0 spiro atoms. The van der Waals surface area contributed by atoms with E-state index in [1.807, 2.05) is 36.4 Å². The van der Waals surface area contributed by atoms with Gasteiger partial charge in [0, 0.05) is 19.0 Å². The third-order valence-electron chi connectivity index (χ3n) is 3.84. The minimum absolute atomic E-state index is 0.207. The molecule has 2 atom stereocenters. The molecule has 116 valence electrons. The Hall–Kier alpha value is -2.55. The maximum Gasteiger partial charge on any atom is 0.410 e. The number of hydrogen-bond acceptors (Lipinski definition) is 4. The number of benzene rings is 1. The number of carbonyl (C=O) groups is 2. The van der Waals surface area contributed by atoms with Gasteiger partial charge in [-0.15, -0.1) is 0 Å². The Morgan fingerprint density at radius 2 is 2.14 bits per heavy atom. The second-order valence-electron chi connectivity index (χ2n) is 5.40. The highest BCUT2D eigenvalue weighted by Gasteiger charge is 2.33. The van der Waals surface area contributed by atoms with Gasteiger partial charge in [-0.3, -0.25) is 4.79 Å². The fraction of sp³-hybridized carbons (Fsp3) is 0.438. The van der Waals surface area contributed by atoms with Crippen molar-refractivity contribution in [3.63, 3.8) is 0 Å². The SMILES string of the molecule is N#CC(C(N)=O)C1CCCN(C(=O)OCc2ccccc2)C1. The predicted molar refractivity (Wildman–Crippen MR) is 79.2 cm³/mol. The summed E-state index contributed by atoms with van der Waals surface area (Å²) in [6.07, 6.45) is 1.02. The van der Waals surface area contributed by atoms with Crippen LogP contribution >= 0.6 is 0 Å². The molecule has 1 saturated heterocycles. The molecule has 2 rings (SSSR count). The van der Waals surface area contributed by atoms with E-state index in [0.717, 1.165) is 12.0 Å². The van der Waals surface area contributed by atoms with Crippen LogP contribution in [0, 0.1) is 23.2 Å². The van der Waals surface area contributed by atoms with Crippen LogP contribution < -0.4 is 5.73 Å². The smallest absolute Gasteiger partial charge is 0.410 e. The molecule has 0 saturated carbocycles. The normalized spacial score (nSPS) is 19.0. The van der Waals surface area contributed by atoms with Crippen molar-refractivity contribution in [1.29, 1.82) is 5.26 Å². The van der Waals surface area contributed by atoms with Crippen LogP contribution in [0.15, 0.2) is 30.3 Å². The predicted octanol–water partition coefficient (Wildman–Crippen LogP) is 1.66. The Balaban J connectivity index is 1.90. The molecule has 0 aromatic heterocycles. The van der Waals surface area contributed by atoms with E-state index in [1.54, 1.807) is 4.90 Å². The van der Waals surface area contributed by atoms with Crippen LogP contribution in [0.2, 0.25) is 0 Å². The van der Waals surface area contributed by atoms with Crippen LogP contribution in [0.5, 0.6) is 0 Å². The number of ether oxygens (including phenoxy) is 1. The third kappa shape index (κ3) is 3.98. The van der Waals surface area contributed by atoms with Crippen molar-refractivity contribution in [2.75, 3.05) is 13.1 Å². The molecule has 6 heteroatoms. The van der Waals surface area contributed by atoms with Gasteiger partial charge in [-0.1, -0.05) is 30.3 Å². The number of nitrogens with two attached hydrogens (primary N) is 1. The molecule has 2 amide bonds. The molecule has 22 heavy (non-hydrogen) atoms. The highest BCUT2D eigenvalue weighted by atomic mass is 16.6. The van der Waals surface area contributed by atoms with Crippen LogP contribution in [0.4, 0.5) is 4.79 Å².